The van der Waals surface area contributed by atoms with Gasteiger partial charge in [-0.1, -0.05) is 97.9 Å². The molecule has 0 fully saturated rings. The van der Waals surface area contributed by atoms with Crippen molar-refractivity contribution >= 4 is 30.1 Å². The van der Waals surface area contributed by atoms with Crippen molar-refractivity contribution in [3.63, 3.8) is 0 Å². The number of aliphatic hydroxyl groups excluding tert-OH is 2. The lowest BCUT2D eigenvalue weighted by atomic mass is 9.93. The van der Waals surface area contributed by atoms with Crippen LogP contribution in [0.5, 0.6) is 17.2 Å². The lowest BCUT2D eigenvalue weighted by Crippen LogP contribution is -2.09. The zero-order chi connectivity index (χ0) is 27.0. The van der Waals surface area contributed by atoms with Gasteiger partial charge in [0.2, 0.25) is 0 Å². The van der Waals surface area contributed by atoms with Gasteiger partial charge >= 0.3 is 8.60 Å². The molecule has 1 heterocycles. The van der Waals surface area contributed by atoms with Crippen molar-refractivity contribution in [2.24, 2.45) is 0 Å². The van der Waals surface area contributed by atoms with E-state index in [1.165, 1.54) is 10.8 Å². The van der Waals surface area contributed by atoms with Crippen LogP contribution in [0.1, 0.15) is 30.0 Å². The summed E-state index contributed by atoms with van der Waals surface area (Å²) in [5, 5.41) is 22.5. The van der Waals surface area contributed by atoms with Crippen LogP contribution >= 0.6 is 8.60 Å². The summed E-state index contributed by atoms with van der Waals surface area (Å²) in [6.07, 6.45) is 5.37. The van der Waals surface area contributed by atoms with Crippen LogP contribution in [-0.2, 0) is 13.0 Å². The molecule has 0 radical (unpaired) electrons. The van der Waals surface area contributed by atoms with Crippen LogP contribution in [0.15, 0.2) is 109 Å². The molecule has 0 saturated carbocycles. The van der Waals surface area contributed by atoms with Crippen molar-refractivity contribution in [3.05, 3.63) is 126 Å². The van der Waals surface area contributed by atoms with E-state index in [0.717, 1.165) is 39.8 Å². The minimum atomic E-state index is -1.81. The third kappa shape index (κ3) is 6.07. The Bertz CT molecular complexity index is 1500. The standard InChI is InChI=1S/C28H21O4P.C5H10O/c29-18-21-9-3-6-12-26(21)30-33-31-27-15-13-19-7-1-4-10-22(19)24(27)17-25-23-11-5-2-8-20(23)14-16-28(25)32-33;1-2-3-4-5-6/h1-16,29H,17-18H2;3-4,6H,2,5H2,1H3/b;4-3-. The van der Waals surface area contributed by atoms with Gasteiger partial charge in [-0.15, -0.1) is 0 Å². The summed E-state index contributed by atoms with van der Waals surface area (Å²) in [6, 6.07) is 32.2. The number of rotatable bonds is 5. The molecule has 39 heavy (non-hydrogen) atoms. The molecule has 2 N–H and O–H groups in total. The molecule has 0 aliphatic carbocycles. The summed E-state index contributed by atoms with van der Waals surface area (Å²) < 4.78 is 18.9. The van der Waals surface area contributed by atoms with Gasteiger partial charge in [0, 0.05) is 23.1 Å². The van der Waals surface area contributed by atoms with Gasteiger partial charge in [-0.3, -0.25) is 0 Å². The molecule has 1 aliphatic heterocycles. The van der Waals surface area contributed by atoms with E-state index < -0.39 is 8.60 Å². The van der Waals surface area contributed by atoms with E-state index in [1.54, 1.807) is 6.08 Å². The normalized spacial score (nSPS) is 12.9. The molecule has 0 amide bonds. The molecule has 0 bridgehead atoms. The van der Waals surface area contributed by atoms with Crippen LogP contribution in [0, 0.1) is 0 Å². The SMILES string of the molecule is CC/C=C\CO.OCc1ccccc1OP1Oc2ccc3ccccc3c2Cc2c(ccc3ccccc23)O1. The molecule has 6 rings (SSSR count). The van der Waals surface area contributed by atoms with E-state index in [2.05, 4.69) is 48.5 Å². The Hall–Kier alpha value is -3.89. The highest BCUT2D eigenvalue weighted by Crippen LogP contribution is 2.49. The number of hydrogen-bond acceptors (Lipinski definition) is 5. The van der Waals surface area contributed by atoms with E-state index in [0.29, 0.717) is 17.7 Å². The number of fused-ring (bicyclic) bond motifs is 6. The third-order valence-electron chi connectivity index (χ3n) is 6.52. The Morgan fingerprint density at radius 3 is 1.82 bits per heavy atom. The summed E-state index contributed by atoms with van der Waals surface area (Å²) in [7, 11) is -1.81. The maximum Gasteiger partial charge on any atom is 0.530 e. The first-order valence-electron chi connectivity index (χ1n) is 13.0. The molecule has 5 aromatic rings. The molecule has 0 spiro atoms. The van der Waals surface area contributed by atoms with Crippen LogP contribution in [-0.4, -0.2) is 16.8 Å². The Balaban J connectivity index is 0.000000465. The first-order valence-corrected chi connectivity index (χ1v) is 14.1. The quantitative estimate of drug-likeness (QED) is 0.175. The fourth-order valence-corrected chi connectivity index (χ4v) is 5.72. The Morgan fingerprint density at radius 2 is 1.28 bits per heavy atom. The third-order valence-corrected chi connectivity index (χ3v) is 7.56. The molecule has 5 aromatic carbocycles. The molecule has 6 heteroatoms. The Kier molecular flexibility index (Phi) is 8.75. The van der Waals surface area contributed by atoms with Crippen molar-refractivity contribution in [1.29, 1.82) is 0 Å². The first kappa shape index (κ1) is 26.7. The number of para-hydroxylation sites is 1. The molecule has 0 atom stereocenters. The average molecular weight is 539 g/mol. The second kappa shape index (κ2) is 12.8. The first-order chi connectivity index (χ1) is 19.2. The van der Waals surface area contributed by atoms with Crippen LogP contribution < -0.4 is 13.6 Å². The number of aliphatic hydroxyl groups is 2. The molecule has 0 unspecified atom stereocenters. The monoisotopic (exact) mass is 538 g/mol. The Labute approximate surface area is 229 Å². The van der Waals surface area contributed by atoms with Crippen LogP contribution in [0.4, 0.5) is 0 Å². The van der Waals surface area contributed by atoms with Gasteiger partial charge < -0.3 is 23.8 Å². The number of hydrogen-bond donors (Lipinski definition) is 2. The minimum absolute atomic E-state index is 0.123. The average Bonchev–Trinajstić information content (AvgIpc) is 2.97. The molecule has 198 valence electrons. The maximum absolute atomic E-state index is 9.75. The zero-order valence-electron chi connectivity index (χ0n) is 21.8. The predicted molar refractivity (Wildman–Crippen MR) is 158 cm³/mol. The molecular weight excluding hydrogens is 507 g/mol. The van der Waals surface area contributed by atoms with Crippen molar-refractivity contribution in [1.82, 2.24) is 0 Å². The van der Waals surface area contributed by atoms with Gasteiger partial charge in [0.1, 0.15) is 17.2 Å². The number of benzene rings is 5. The lowest BCUT2D eigenvalue weighted by Gasteiger charge is -2.25. The van der Waals surface area contributed by atoms with Gasteiger partial charge in [0.15, 0.2) is 0 Å². The fraction of sp³-hybridized carbons (Fsp3) is 0.152. The van der Waals surface area contributed by atoms with E-state index in [-0.39, 0.29) is 13.2 Å². The summed E-state index contributed by atoms with van der Waals surface area (Å²) >= 11 is 0. The van der Waals surface area contributed by atoms with Gasteiger partial charge in [-0.25, -0.2) is 0 Å². The predicted octanol–water partition coefficient (Wildman–Crippen LogP) is 8.10. The summed E-state index contributed by atoms with van der Waals surface area (Å²) in [5.41, 5.74) is 2.91. The lowest BCUT2D eigenvalue weighted by molar-refractivity contribution is 0.277. The van der Waals surface area contributed by atoms with Gasteiger partial charge in [-0.05, 0) is 46.2 Å². The van der Waals surface area contributed by atoms with Crippen molar-refractivity contribution < 1.29 is 23.8 Å². The largest absolute Gasteiger partial charge is 0.530 e. The van der Waals surface area contributed by atoms with E-state index in [9.17, 15) is 5.11 Å². The van der Waals surface area contributed by atoms with Gasteiger partial charge in [-0.2, -0.15) is 0 Å². The molecular formula is C33H31O5P. The smallest absolute Gasteiger partial charge is 0.408 e. The fourth-order valence-electron chi connectivity index (χ4n) is 4.61. The highest BCUT2D eigenvalue weighted by atomic mass is 31.2. The summed E-state index contributed by atoms with van der Waals surface area (Å²) in [5.74, 6) is 2.05. The maximum atomic E-state index is 9.75. The molecule has 1 aliphatic rings. The van der Waals surface area contributed by atoms with E-state index >= 15 is 0 Å². The van der Waals surface area contributed by atoms with Crippen LogP contribution in [0.2, 0.25) is 0 Å². The summed E-state index contributed by atoms with van der Waals surface area (Å²) in [6.45, 7) is 2.09. The minimum Gasteiger partial charge on any atom is -0.408 e. The number of allylic oxidation sites excluding steroid dienone is 1. The topological polar surface area (TPSA) is 68.2 Å². The van der Waals surface area contributed by atoms with Gasteiger partial charge in [0.05, 0.1) is 13.2 Å². The molecule has 0 aromatic heterocycles. The van der Waals surface area contributed by atoms with Crippen molar-refractivity contribution in [2.75, 3.05) is 6.61 Å². The second-order valence-corrected chi connectivity index (χ2v) is 10.0. The van der Waals surface area contributed by atoms with Crippen LogP contribution in [0.25, 0.3) is 21.5 Å². The van der Waals surface area contributed by atoms with Crippen LogP contribution in [0.3, 0.4) is 0 Å². The van der Waals surface area contributed by atoms with Gasteiger partial charge in [0.25, 0.3) is 0 Å². The highest BCUT2D eigenvalue weighted by molar-refractivity contribution is 7.43. The van der Waals surface area contributed by atoms with E-state index in [4.69, 9.17) is 18.7 Å². The second-order valence-electron chi connectivity index (χ2n) is 9.03. The molecule has 5 nitrogen and oxygen atoms in total. The summed E-state index contributed by atoms with van der Waals surface area (Å²) in [4.78, 5) is 0. The Morgan fingerprint density at radius 1 is 0.718 bits per heavy atom. The van der Waals surface area contributed by atoms with Crippen molar-refractivity contribution in [3.8, 4) is 17.2 Å². The van der Waals surface area contributed by atoms with E-state index in [1.807, 2.05) is 61.5 Å². The highest BCUT2D eigenvalue weighted by Gasteiger charge is 2.28. The van der Waals surface area contributed by atoms with Crippen molar-refractivity contribution in [2.45, 2.75) is 26.4 Å². The molecule has 0 saturated heterocycles. The zero-order valence-corrected chi connectivity index (χ0v) is 22.7.